The van der Waals surface area contributed by atoms with E-state index in [4.69, 9.17) is 5.11 Å². The number of hydrogen-bond acceptors (Lipinski definition) is 3. The van der Waals surface area contributed by atoms with E-state index in [1.165, 1.54) is 38.6 Å². The summed E-state index contributed by atoms with van der Waals surface area (Å²) >= 11 is 0. The van der Waals surface area contributed by atoms with Crippen molar-refractivity contribution in [2.45, 2.75) is 46.0 Å². The van der Waals surface area contributed by atoms with Crippen LogP contribution in [0, 0.1) is 5.92 Å². The van der Waals surface area contributed by atoms with E-state index in [2.05, 4.69) is 37.7 Å². The molecule has 0 spiro atoms. The van der Waals surface area contributed by atoms with Gasteiger partial charge in [0.15, 0.2) is 0 Å². The van der Waals surface area contributed by atoms with Crippen LogP contribution in [0.3, 0.4) is 0 Å². The smallest absolute Gasteiger partial charge is 0.0558 e. The molecule has 110 valence electrons. The molecular weight excluding hydrogens is 224 g/mol. The third kappa shape index (κ3) is 9.86. The third-order valence-corrected chi connectivity index (χ3v) is 3.56. The standard InChI is InChI=1S/C15H34N2O/c1-5-7-9-15(10-8-11-16(3)4)14-17(6-2)12-13-18/h15,18H,5-14H2,1-4H3. The average Bonchev–Trinajstić information content (AvgIpc) is 2.34. The molecule has 0 heterocycles. The summed E-state index contributed by atoms with van der Waals surface area (Å²) in [5, 5.41) is 9.06. The lowest BCUT2D eigenvalue weighted by molar-refractivity contribution is 0.171. The highest BCUT2D eigenvalue weighted by molar-refractivity contribution is 4.66. The Hall–Kier alpha value is -0.120. The van der Waals surface area contributed by atoms with Crippen molar-refractivity contribution in [2.75, 3.05) is 46.9 Å². The monoisotopic (exact) mass is 258 g/mol. The van der Waals surface area contributed by atoms with E-state index in [1.807, 2.05) is 0 Å². The number of aliphatic hydroxyl groups is 1. The van der Waals surface area contributed by atoms with Crippen molar-refractivity contribution in [1.29, 1.82) is 0 Å². The Labute approximate surface area is 114 Å². The van der Waals surface area contributed by atoms with Gasteiger partial charge in [-0.15, -0.1) is 0 Å². The number of rotatable bonds is 12. The van der Waals surface area contributed by atoms with Gasteiger partial charge >= 0.3 is 0 Å². The molecule has 0 aromatic heterocycles. The van der Waals surface area contributed by atoms with Crippen molar-refractivity contribution in [2.24, 2.45) is 5.92 Å². The molecule has 1 unspecified atom stereocenters. The highest BCUT2D eigenvalue weighted by Crippen LogP contribution is 2.16. The van der Waals surface area contributed by atoms with Crippen molar-refractivity contribution in [1.82, 2.24) is 9.80 Å². The predicted octanol–water partition coefficient (Wildman–Crippen LogP) is 2.45. The third-order valence-electron chi connectivity index (χ3n) is 3.56. The maximum absolute atomic E-state index is 9.06. The van der Waals surface area contributed by atoms with Gasteiger partial charge in [0.2, 0.25) is 0 Å². The lowest BCUT2D eigenvalue weighted by Crippen LogP contribution is -2.32. The Morgan fingerprint density at radius 3 is 2.17 bits per heavy atom. The normalized spacial score (nSPS) is 13.5. The molecule has 3 heteroatoms. The van der Waals surface area contributed by atoms with Crippen LogP contribution in [0.25, 0.3) is 0 Å². The van der Waals surface area contributed by atoms with Gasteiger partial charge in [0.1, 0.15) is 0 Å². The van der Waals surface area contributed by atoms with E-state index in [9.17, 15) is 0 Å². The van der Waals surface area contributed by atoms with Gasteiger partial charge in [-0.05, 0) is 52.4 Å². The van der Waals surface area contributed by atoms with Crippen LogP contribution in [-0.2, 0) is 0 Å². The zero-order chi connectivity index (χ0) is 13.8. The number of aliphatic hydroxyl groups excluding tert-OH is 1. The van der Waals surface area contributed by atoms with Gasteiger partial charge in [-0.2, -0.15) is 0 Å². The summed E-state index contributed by atoms with van der Waals surface area (Å²) in [6.45, 7) is 8.96. The number of hydrogen-bond donors (Lipinski definition) is 1. The van der Waals surface area contributed by atoms with Crippen LogP contribution in [0.1, 0.15) is 46.0 Å². The molecule has 0 aliphatic heterocycles. The van der Waals surface area contributed by atoms with Crippen LogP contribution >= 0.6 is 0 Å². The number of likely N-dealkylation sites (N-methyl/N-ethyl adjacent to an activating group) is 1. The SMILES string of the molecule is CCCCC(CCCN(C)C)CN(CC)CCO. The molecule has 0 saturated heterocycles. The van der Waals surface area contributed by atoms with E-state index in [-0.39, 0.29) is 6.61 Å². The predicted molar refractivity (Wildman–Crippen MR) is 80.0 cm³/mol. The second-order valence-corrected chi connectivity index (χ2v) is 5.57. The molecule has 0 fully saturated rings. The summed E-state index contributed by atoms with van der Waals surface area (Å²) < 4.78 is 0. The zero-order valence-corrected chi connectivity index (χ0v) is 13.0. The average molecular weight is 258 g/mol. The number of nitrogens with zero attached hydrogens (tertiary/aromatic N) is 2. The lowest BCUT2D eigenvalue weighted by Gasteiger charge is -2.26. The summed E-state index contributed by atoms with van der Waals surface area (Å²) in [7, 11) is 4.29. The molecule has 0 radical (unpaired) electrons. The first-order valence-electron chi connectivity index (χ1n) is 7.61. The minimum atomic E-state index is 0.284. The fourth-order valence-corrected chi connectivity index (χ4v) is 2.40. The minimum Gasteiger partial charge on any atom is -0.395 e. The molecule has 0 rings (SSSR count). The maximum atomic E-state index is 9.06. The largest absolute Gasteiger partial charge is 0.395 e. The summed E-state index contributed by atoms with van der Waals surface area (Å²) in [6.07, 6.45) is 6.57. The first kappa shape index (κ1) is 17.9. The Balaban J connectivity index is 4.02. The molecular formula is C15H34N2O. The Bertz CT molecular complexity index is 174. The Morgan fingerprint density at radius 1 is 1.00 bits per heavy atom. The van der Waals surface area contributed by atoms with Crippen LogP contribution in [0.4, 0.5) is 0 Å². The van der Waals surface area contributed by atoms with Crippen LogP contribution in [0.15, 0.2) is 0 Å². The van der Waals surface area contributed by atoms with Crippen LogP contribution < -0.4 is 0 Å². The van der Waals surface area contributed by atoms with Gasteiger partial charge in [0.25, 0.3) is 0 Å². The quantitative estimate of drug-likeness (QED) is 0.582. The van der Waals surface area contributed by atoms with Crippen molar-refractivity contribution in [3.8, 4) is 0 Å². The molecule has 0 saturated carbocycles. The summed E-state index contributed by atoms with van der Waals surface area (Å²) in [6, 6.07) is 0. The molecule has 0 aromatic carbocycles. The molecule has 3 nitrogen and oxygen atoms in total. The Kier molecular flexibility index (Phi) is 11.9. The van der Waals surface area contributed by atoms with Gasteiger partial charge in [-0.1, -0.05) is 26.7 Å². The molecule has 0 amide bonds. The first-order valence-corrected chi connectivity index (χ1v) is 7.61. The Morgan fingerprint density at radius 2 is 1.67 bits per heavy atom. The summed E-state index contributed by atoms with van der Waals surface area (Å²) in [5.41, 5.74) is 0. The zero-order valence-electron chi connectivity index (χ0n) is 13.0. The molecule has 0 bridgehead atoms. The van der Waals surface area contributed by atoms with E-state index in [0.29, 0.717) is 0 Å². The molecule has 1 atom stereocenters. The van der Waals surface area contributed by atoms with Crippen LogP contribution in [-0.4, -0.2) is 61.8 Å². The molecule has 0 aliphatic rings. The van der Waals surface area contributed by atoms with Crippen molar-refractivity contribution in [3.05, 3.63) is 0 Å². The number of unbranched alkanes of at least 4 members (excludes halogenated alkanes) is 1. The van der Waals surface area contributed by atoms with Crippen LogP contribution in [0.5, 0.6) is 0 Å². The highest BCUT2D eigenvalue weighted by Gasteiger charge is 2.12. The fourth-order valence-electron chi connectivity index (χ4n) is 2.40. The molecule has 18 heavy (non-hydrogen) atoms. The summed E-state index contributed by atoms with van der Waals surface area (Å²) in [5.74, 6) is 0.802. The van der Waals surface area contributed by atoms with Gasteiger partial charge < -0.3 is 14.9 Å². The first-order chi connectivity index (χ1) is 8.63. The molecule has 0 aliphatic carbocycles. The fraction of sp³-hybridized carbons (Fsp3) is 1.00. The topological polar surface area (TPSA) is 26.7 Å². The van der Waals surface area contributed by atoms with Gasteiger partial charge in [0.05, 0.1) is 6.61 Å². The molecule has 1 N–H and O–H groups in total. The van der Waals surface area contributed by atoms with Gasteiger partial charge in [-0.3, -0.25) is 0 Å². The van der Waals surface area contributed by atoms with E-state index < -0.39 is 0 Å². The van der Waals surface area contributed by atoms with E-state index >= 15 is 0 Å². The summed E-state index contributed by atoms with van der Waals surface area (Å²) in [4.78, 5) is 4.65. The van der Waals surface area contributed by atoms with Gasteiger partial charge in [0, 0.05) is 13.1 Å². The maximum Gasteiger partial charge on any atom is 0.0558 e. The lowest BCUT2D eigenvalue weighted by atomic mass is 9.96. The van der Waals surface area contributed by atoms with Gasteiger partial charge in [-0.25, -0.2) is 0 Å². The van der Waals surface area contributed by atoms with Crippen molar-refractivity contribution in [3.63, 3.8) is 0 Å². The van der Waals surface area contributed by atoms with E-state index in [0.717, 1.165) is 25.6 Å². The molecule has 0 aromatic rings. The van der Waals surface area contributed by atoms with E-state index in [1.54, 1.807) is 0 Å². The second kappa shape index (κ2) is 11.9. The van der Waals surface area contributed by atoms with Crippen molar-refractivity contribution < 1.29 is 5.11 Å². The van der Waals surface area contributed by atoms with Crippen molar-refractivity contribution >= 4 is 0 Å². The van der Waals surface area contributed by atoms with Crippen LogP contribution in [0.2, 0.25) is 0 Å². The minimum absolute atomic E-state index is 0.284. The highest BCUT2D eigenvalue weighted by atomic mass is 16.3. The second-order valence-electron chi connectivity index (χ2n) is 5.57.